The van der Waals surface area contributed by atoms with Gasteiger partial charge >= 0.3 is 6.03 Å². The van der Waals surface area contributed by atoms with Crippen LogP contribution in [0.2, 0.25) is 0 Å². The SMILES string of the molecule is CCc1nn(C)cc1CNC(=O)N1CCC(C)C(O)C1. The number of urea groups is 1. The summed E-state index contributed by atoms with van der Waals surface area (Å²) in [6.45, 7) is 5.68. The summed E-state index contributed by atoms with van der Waals surface area (Å²) in [4.78, 5) is 13.8. The second-order valence-corrected chi connectivity index (χ2v) is 5.57. The van der Waals surface area contributed by atoms with E-state index >= 15 is 0 Å². The molecule has 1 aliphatic heterocycles. The fourth-order valence-electron chi connectivity index (χ4n) is 2.54. The first-order valence-corrected chi connectivity index (χ1v) is 7.23. The van der Waals surface area contributed by atoms with Crippen LogP contribution >= 0.6 is 0 Å². The second kappa shape index (κ2) is 6.26. The average Bonchev–Trinajstić information content (AvgIpc) is 2.79. The Hall–Kier alpha value is -1.56. The van der Waals surface area contributed by atoms with Crippen molar-refractivity contribution in [3.05, 3.63) is 17.5 Å². The van der Waals surface area contributed by atoms with Crippen LogP contribution < -0.4 is 5.32 Å². The van der Waals surface area contributed by atoms with Gasteiger partial charge in [-0.15, -0.1) is 0 Å². The lowest BCUT2D eigenvalue weighted by atomic mass is 9.96. The lowest BCUT2D eigenvalue weighted by molar-refractivity contribution is 0.0435. The van der Waals surface area contributed by atoms with E-state index in [1.54, 1.807) is 9.58 Å². The molecule has 1 fully saturated rings. The Morgan fingerprint density at radius 2 is 2.35 bits per heavy atom. The minimum atomic E-state index is -0.418. The summed E-state index contributed by atoms with van der Waals surface area (Å²) < 4.78 is 1.77. The van der Waals surface area contributed by atoms with E-state index < -0.39 is 6.10 Å². The highest BCUT2D eigenvalue weighted by molar-refractivity contribution is 5.74. The standard InChI is InChI=1S/C14H24N4O2/c1-4-12-11(8-17(3)16-12)7-15-14(20)18-6-5-10(2)13(19)9-18/h8,10,13,19H,4-7,9H2,1-3H3,(H,15,20). The normalized spacial score (nSPS) is 22.9. The van der Waals surface area contributed by atoms with Crippen LogP contribution in [0.1, 0.15) is 31.5 Å². The van der Waals surface area contributed by atoms with E-state index in [0.29, 0.717) is 19.6 Å². The number of β-amino-alcohol motifs (C(OH)–C–C–N with tert-alkyl or cyclic N) is 1. The summed E-state index contributed by atoms with van der Waals surface area (Å²) in [5, 5.41) is 17.1. The van der Waals surface area contributed by atoms with Gasteiger partial charge in [0.05, 0.1) is 11.8 Å². The second-order valence-electron chi connectivity index (χ2n) is 5.57. The Morgan fingerprint density at radius 3 is 3.00 bits per heavy atom. The Morgan fingerprint density at radius 1 is 1.60 bits per heavy atom. The van der Waals surface area contributed by atoms with Crippen molar-refractivity contribution in [1.82, 2.24) is 20.0 Å². The molecule has 2 unspecified atom stereocenters. The van der Waals surface area contributed by atoms with E-state index in [2.05, 4.69) is 17.3 Å². The average molecular weight is 280 g/mol. The lowest BCUT2D eigenvalue weighted by Crippen LogP contribution is -2.49. The predicted molar refractivity (Wildman–Crippen MR) is 76.2 cm³/mol. The molecule has 2 rings (SSSR count). The van der Waals surface area contributed by atoms with Crippen LogP contribution in [0.5, 0.6) is 0 Å². The fraction of sp³-hybridized carbons (Fsp3) is 0.714. The molecule has 0 aliphatic carbocycles. The minimum absolute atomic E-state index is 0.109. The third kappa shape index (κ3) is 3.30. The molecule has 6 heteroatoms. The van der Waals surface area contributed by atoms with Crippen LogP contribution in [0, 0.1) is 5.92 Å². The number of aromatic nitrogens is 2. The molecule has 1 aliphatic rings. The van der Waals surface area contributed by atoms with Gasteiger partial charge in [-0.3, -0.25) is 4.68 Å². The van der Waals surface area contributed by atoms with Gasteiger partial charge in [0.2, 0.25) is 0 Å². The molecule has 20 heavy (non-hydrogen) atoms. The Balaban J connectivity index is 1.89. The number of hydrogen-bond donors (Lipinski definition) is 2. The Labute approximate surface area is 119 Å². The van der Waals surface area contributed by atoms with Gasteiger partial charge in [-0.1, -0.05) is 13.8 Å². The van der Waals surface area contributed by atoms with Crippen LogP contribution in [-0.2, 0) is 20.0 Å². The number of aliphatic hydroxyl groups is 1. The summed E-state index contributed by atoms with van der Waals surface area (Å²) in [5.41, 5.74) is 2.06. The molecule has 0 radical (unpaired) electrons. The molecule has 2 N–H and O–H groups in total. The number of nitrogens with zero attached hydrogens (tertiary/aromatic N) is 3. The number of carbonyl (C=O) groups excluding carboxylic acids is 1. The van der Waals surface area contributed by atoms with Gasteiger partial charge in [0.25, 0.3) is 0 Å². The van der Waals surface area contributed by atoms with Gasteiger partial charge < -0.3 is 15.3 Å². The van der Waals surface area contributed by atoms with Crippen molar-refractivity contribution in [3.63, 3.8) is 0 Å². The fourth-order valence-corrected chi connectivity index (χ4v) is 2.54. The van der Waals surface area contributed by atoms with Crippen LogP contribution in [0.15, 0.2) is 6.20 Å². The first-order valence-electron chi connectivity index (χ1n) is 7.23. The van der Waals surface area contributed by atoms with Crippen LogP contribution in [0.25, 0.3) is 0 Å². The van der Waals surface area contributed by atoms with E-state index in [4.69, 9.17) is 0 Å². The number of rotatable bonds is 3. The van der Waals surface area contributed by atoms with Crippen LogP contribution in [-0.4, -0.2) is 45.0 Å². The molecule has 0 bridgehead atoms. The molecule has 2 atom stereocenters. The molecular weight excluding hydrogens is 256 g/mol. The molecule has 6 nitrogen and oxygen atoms in total. The molecule has 0 aromatic carbocycles. The molecule has 1 aromatic rings. The first-order chi connectivity index (χ1) is 9.51. The molecule has 0 spiro atoms. The monoisotopic (exact) mass is 280 g/mol. The number of nitrogens with one attached hydrogen (secondary N) is 1. The van der Waals surface area contributed by atoms with Gasteiger partial charge in [-0.2, -0.15) is 5.10 Å². The zero-order chi connectivity index (χ0) is 14.7. The third-order valence-electron chi connectivity index (χ3n) is 3.96. The van der Waals surface area contributed by atoms with E-state index in [1.165, 1.54) is 0 Å². The van der Waals surface area contributed by atoms with E-state index in [9.17, 15) is 9.90 Å². The van der Waals surface area contributed by atoms with Gasteiger partial charge in [-0.25, -0.2) is 4.79 Å². The number of aryl methyl sites for hydroxylation is 2. The maximum Gasteiger partial charge on any atom is 0.317 e. The summed E-state index contributed by atoms with van der Waals surface area (Å²) in [7, 11) is 1.88. The molecule has 0 saturated carbocycles. The Kier molecular flexibility index (Phi) is 4.65. The van der Waals surface area contributed by atoms with Gasteiger partial charge in [0.15, 0.2) is 0 Å². The summed E-state index contributed by atoms with van der Waals surface area (Å²) in [5.74, 6) is 0.268. The lowest BCUT2D eigenvalue weighted by Gasteiger charge is -2.34. The zero-order valence-corrected chi connectivity index (χ0v) is 12.5. The highest BCUT2D eigenvalue weighted by Gasteiger charge is 2.27. The smallest absolute Gasteiger partial charge is 0.317 e. The molecular formula is C14H24N4O2. The molecule has 2 heterocycles. The maximum atomic E-state index is 12.1. The van der Waals surface area contributed by atoms with Crippen molar-refractivity contribution in [1.29, 1.82) is 0 Å². The highest BCUT2D eigenvalue weighted by Crippen LogP contribution is 2.17. The third-order valence-corrected chi connectivity index (χ3v) is 3.96. The summed E-state index contributed by atoms with van der Waals surface area (Å²) in [6, 6.07) is -0.109. The number of likely N-dealkylation sites (tertiary alicyclic amines) is 1. The number of amides is 2. The van der Waals surface area contributed by atoms with Crippen molar-refractivity contribution in [2.45, 2.75) is 39.3 Å². The molecule has 1 saturated heterocycles. The number of aliphatic hydroxyl groups excluding tert-OH is 1. The Bertz CT molecular complexity index is 472. The van der Waals surface area contributed by atoms with Gasteiger partial charge in [-0.05, 0) is 18.8 Å². The number of piperidine rings is 1. The van der Waals surface area contributed by atoms with E-state index in [1.807, 2.05) is 20.2 Å². The van der Waals surface area contributed by atoms with E-state index in [0.717, 1.165) is 24.1 Å². The van der Waals surface area contributed by atoms with Crippen molar-refractivity contribution in [2.75, 3.05) is 13.1 Å². The van der Waals surface area contributed by atoms with Crippen LogP contribution in [0.4, 0.5) is 4.79 Å². The first kappa shape index (κ1) is 14.8. The van der Waals surface area contributed by atoms with Crippen molar-refractivity contribution >= 4 is 6.03 Å². The topological polar surface area (TPSA) is 70.4 Å². The summed E-state index contributed by atoms with van der Waals surface area (Å²) in [6.07, 6.45) is 3.22. The number of carbonyl (C=O) groups is 1. The van der Waals surface area contributed by atoms with Gasteiger partial charge in [0.1, 0.15) is 0 Å². The largest absolute Gasteiger partial charge is 0.391 e. The zero-order valence-electron chi connectivity index (χ0n) is 12.5. The highest BCUT2D eigenvalue weighted by atomic mass is 16.3. The van der Waals surface area contributed by atoms with Crippen molar-refractivity contribution in [3.8, 4) is 0 Å². The summed E-state index contributed by atoms with van der Waals surface area (Å²) >= 11 is 0. The van der Waals surface area contributed by atoms with E-state index in [-0.39, 0.29) is 11.9 Å². The van der Waals surface area contributed by atoms with Crippen molar-refractivity contribution < 1.29 is 9.90 Å². The number of hydrogen-bond acceptors (Lipinski definition) is 3. The molecule has 112 valence electrons. The quantitative estimate of drug-likeness (QED) is 0.864. The maximum absolute atomic E-state index is 12.1. The van der Waals surface area contributed by atoms with Crippen LogP contribution in [0.3, 0.4) is 0 Å². The van der Waals surface area contributed by atoms with Crippen molar-refractivity contribution in [2.24, 2.45) is 13.0 Å². The molecule has 2 amide bonds. The van der Waals surface area contributed by atoms with Gasteiger partial charge in [0, 0.05) is 38.4 Å². The minimum Gasteiger partial charge on any atom is -0.391 e. The predicted octanol–water partition coefficient (Wildman–Crippen LogP) is 0.895. The molecule has 1 aromatic heterocycles.